The molecule has 0 saturated carbocycles. The van der Waals surface area contributed by atoms with Crippen LogP contribution < -0.4 is 9.62 Å². The summed E-state index contributed by atoms with van der Waals surface area (Å²) in [6.07, 6.45) is 0. The molecule has 0 fully saturated rings. The summed E-state index contributed by atoms with van der Waals surface area (Å²) in [7, 11) is -4.04. The molecule has 3 rings (SSSR count). The maximum absolute atomic E-state index is 13.3. The lowest BCUT2D eigenvalue weighted by Crippen LogP contribution is -2.38. The molecule has 0 aromatic heterocycles. The van der Waals surface area contributed by atoms with Gasteiger partial charge in [0.15, 0.2) is 0 Å². The van der Waals surface area contributed by atoms with Gasteiger partial charge >= 0.3 is 0 Å². The Morgan fingerprint density at radius 2 is 1.63 bits per heavy atom. The third-order valence-corrected chi connectivity index (χ3v) is 6.66. The number of amides is 1. The fraction of sp³-hybridized carbons (Fsp3) is 0.136. The number of hydrogen-bond acceptors (Lipinski definition) is 3. The van der Waals surface area contributed by atoms with Crippen LogP contribution in [0.4, 0.5) is 15.8 Å². The first-order valence-corrected chi connectivity index (χ1v) is 10.9. The van der Waals surface area contributed by atoms with Crippen LogP contribution in [0.25, 0.3) is 0 Å². The van der Waals surface area contributed by atoms with Gasteiger partial charge in [-0.3, -0.25) is 9.10 Å². The SMILES string of the molecule is Cc1ccc(S(=O)(=O)N(CC(=O)Nc2ccc(F)cc2)c2ccc(C)c(Cl)c2)cc1. The Labute approximate surface area is 180 Å². The van der Waals surface area contributed by atoms with Crippen LogP contribution in [-0.4, -0.2) is 20.9 Å². The van der Waals surface area contributed by atoms with Gasteiger partial charge in [0, 0.05) is 10.7 Å². The van der Waals surface area contributed by atoms with E-state index in [1.165, 1.54) is 42.5 Å². The number of benzene rings is 3. The van der Waals surface area contributed by atoms with Gasteiger partial charge in [0.2, 0.25) is 5.91 Å². The van der Waals surface area contributed by atoms with Crippen LogP contribution in [-0.2, 0) is 14.8 Å². The quantitative estimate of drug-likeness (QED) is 0.583. The molecule has 0 heterocycles. The summed E-state index contributed by atoms with van der Waals surface area (Å²) in [4.78, 5) is 12.7. The predicted molar refractivity (Wildman–Crippen MR) is 117 cm³/mol. The second kappa shape index (κ2) is 8.85. The molecule has 1 N–H and O–H groups in total. The highest BCUT2D eigenvalue weighted by molar-refractivity contribution is 7.92. The molecular formula is C22H20ClFN2O3S. The van der Waals surface area contributed by atoms with Crippen LogP contribution in [0.5, 0.6) is 0 Å². The van der Waals surface area contributed by atoms with E-state index in [1.807, 2.05) is 6.92 Å². The lowest BCUT2D eigenvalue weighted by molar-refractivity contribution is -0.114. The summed E-state index contributed by atoms with van der Waals surface area (Å²) in [6, 6.07) is 16.4. The summed E-state index contributed by atoms with van der Waals surface area (Å²) in [5, 5.41) is 2.97. The monoisotopic (exact) mass is 446 g/mol. The molecule has 0 aliphatic heterocycles. The van der Waals surface area contributed by atoms with Gasteiger partial charge in [0.25, 0.3) is 10.0 Å². The maximum Gasteiger partial charge on any atom is 0.264 e. The summed E-state index contributed by atoms with van der Waals surface area (Å²) in [5.41, 5.74) is 2.31. The van der Waals surface area contributed by atoms with Crippen molar-refractivity contribution in [2.45, 2.75) is 18.7 Å². The Balaban J connectivity index is 1.96. The van der Waals surface area contributed by atoms with Crippen molar-refractivity contribution in [2.75, 3.05) is 16.2 Å². The molecule has 0 bridgehead atoms. The molecule has 0 aliphatic carbocycles. The minimum Gasteiger partial charge on any atom is -0.325 e. The maximum atomic E-state index is 13.3. The highest BCUT2D eigenvalue weighted by Crippen LogP contribution is 2.28. The molecule has 0 radical (unpaired) electrons. The first-order valence-electron chi connectivity index (χ1n) is 9.08. The van der Waals surface area contributed by atoms with E-state index in [4.69, 9.17) is 11.6 Å². The second-order valence-electron chi connectivity index (χ2n) is 6.81. The average Bonchev–Trinajstić information content (AvgIpc) is 2.70. The zero-order chi connectivity index (χ0) is 21.9. The zero-order valence-electron chi connectivity index (χ0n) is 16.4. The van der Waals surface area contributed by atoms with Crippen molar-refractivity contribution in [3.63, 3.8) is 0 Å². The molecule has 0 spiro atoms. The van der Waals surface area contributed by atoms with E-state index in [1.54, 1.807) is 31.2 Å². The van der Waals surface area contributed by atoms with Crippen LogP contribution in [0, 0.1) is 19.7 Å². The first-order chi connectivity index (χ1) is 14.2. The molecule has 156 valence electrons. The van der Waals surface area contributed by atoms with E-state index in [2.05, 4.69) is 5.32 Å². The number of anilines is 2. The van der Waals surface area contributed by atoms with E-state index < -0.39 is 28.3 Å². The van der Waals surface area contributed by atoms with Crippen molar-refractivity contribution < 1.29 is 17.6 Å². The lowest BCUT2D eigenvalue weighted by atomic mass is 10.2. The van der Waals surface area contributed by atoms with E-state index in [9.17, 15) is 17.6 Å². The second-order valence-corrected chi connectivity index (χ2v) is 9.08. The van der Waals surface area contributed by atoms with Gasteiger partial charge in [0.05, 0.1) is 10.6 Å². The molecule has 5 nitrogen and oxygen atoms in total. The molecule has 0 unspecified atom stereocenters. The van der Waals surface area contributed by atoms with Gasteiger partial charge in [0.1, 0.15) is 12.4 Å². The third kappa shape index (κ3) is 4.98. The number of halogens is 2. The number of sulfonamides is 1. The highest BCUT2D eigenvalue weighted by atomic mass is 35.5. The van der Waals surface area contributed by atoms with Gasteiger partial charge in [-0.15, -0.1) is 0 Å². The molecule has 3 aromatic carbocycles. The van der Waals surface area contributed by atoms with Gasteiger partial charge in [-0.25, -0.2) is 12.8 Å². The average molecular weight is 447 g/mol. The highest BCUT2D eigenvalue weighted by Gasteiger charge is 2.27. The number of carbonyl (C=O) groups is 1. The lowest BCUT2D eigenvalue weighted by Gasteiger charge is -2.24. The zero-order valence-corrected chi connectivity index (χ0v) is 18.0. The Hall–Kier alpha value is -2.90. The van der Waals surface area contributed by atoms with Gasteiger partial charge in [-0.2, -0.15) is 0 Å². The number of nitrogens with one attached hydrogen (secondary N) is 1. The fourth-order valence-electron chi connectivity index (χ4n) is 2.75. The molecule has 3 aromatic rings. The topological polar surface area (TPSA) is 66.5 Å². The summed E-state index contributed by atoms with van der Waals surface area (Å²) >= 11 is 6.20. The number of hydrogen-bond donors (Lipinski definition) is 1. The Kier molecular flexibility index (Phi) is 6.43. The fourth-order valence-corrected chi connectivity index (χ4v) is 4.34. The smallest absolute Gasteiger partial charge is 0.264 e. The molecular weight excluding hydrogens is 427 g/mol. The molecule has 0 saturated heterocycles. The Morgan fingerprint density at radius 1 is 1.00 bits per heavy atom. The third-order valence-electron chi connectivity index (χ3n) is 4.47. The van der Waals surface area contributed by atoms with Crippen LogP contribution >= 0.6 is 11.6 Å². The van der Waals surface area contributed by atoms with Crippen LogP contribution in [0.1, 0.15) is 11.1 Å². The van der Waals surface area contributed by atoms with Crippen molar-refractivity contribution in [1.29, 1.82) is 0 Å². The first kappa shape index (κ1) is 21.8. The Morgan fingerprint density at radius 3 is 2.23 bits per heavy atom. The van der Waals surface area contributed by atoms with Crippen molar-refractivity contribution in [3.05, 3.63) is 88.7 Å². The largest absolute Gasteiger partial charge is 0.325 e. The molecule has 8 heteroatoms. The van der Waals surface area contributed by atoms with Crippen molar-refractivity contribution >= 4 is 38.9 Å². The van der Waals surface area contributed by atoms with Gasteiger partial charge < -0.3 is 5.32 Å². The Bertz CT molecular complexity index is 1160. The number of nitrogens with zero attached hydrogens (tertiary/aromatic N) is 1. The normalized spacial score (nSPS) is 11.2. The minimum absolute atomic E-state index is 0.0550. The van der Waals surface area contributed by atoms with Crippen LogP contribution in [0.2, 0.25) is 5.02 Å². The standard InChI is InChI=1S/C22H20ClFN2O3S/c1-15-3-11-20(12-4-15)30(28,29)26(19-10-5-16(2)21(23)13-19)14-22(27)25-18-8-6-17(24)7-9-18/h3-13H,14H2,1-2H3,(H,25,27). The number of carbonyl (C=O) groups excluding carboxylic acids is 1. The van der Waals surface area contributed by atoms with Crippen LogP contribution in [0.15, 0.2) is 71.6 Å². The van der Waals surface area contributed by atoms with E-state index in [-0.39, 0.29) is 10.6 Å². The summed E-state index contributed by atoms with van der Waals surface area (Å²) in [6.45, 7) is 3.17. The summed E-state index contributed by atoms with van der Waals surface area (Å²) < 4.78 is 40.7. The molecule has 0 aliphatic rings. The summed E-state index contributed by atoms with van der Waals surface area (Å²) in [5.74, 6) is -1.01. The van der Waals surface area contributed by atoms with Crippen molar-refractivity contribution in [2.24, 2.45) is 0 Å². The van der Waals surface area contributed by atoms with Crippen molar-refractivity contribution in [1.82, 2.24) is 0 Å². The molecule has 0 atom stereocenters. The minimum atomic E-state index is -4.04. The van der Waals surface area contributed by atoms with E-state index in [0.717, 1.165) is 15.4 Å². The van der Waals surface area contributed by atoms with Gasteiger partial charge in [-0.05, 0) is 67.9 Å². The van der Waals surface area contributed by atoms with Crippen molar-refractivity contribution in [3.8, 4) is 0 Å². The van der Waals surface area contributed by atoms with E-state index >= 15 is 0 Å². The predicted octanol–water partition coefficient (Wildman–Crippen LogP) is 4.93. The van der Waals surface area contributed by atoms with Crippen LogP contribution in [0.3, 0.4) is 0 Å². The number of rotatable bonds is 6. The number of aryl methyl sites for hydroxylation is 2. The van der Waals surface area contributed by atoms with E-state index in [0.29, 0.717) is 10.7 Å². The van der Waals surface area contributed by atoms with Gasteiger partial charge in [-0.1, -0.05) is 35.4 Å². The molecule has 30 heavy (non-hydrogen) atoms. The molecule has 1 amide bonds.